The summed E-state index contributed by atoms with van der Waals surface area (Å²) in [6, 6.07) is 19.9. The molecule has 4 amide bonds. The lowest BCUT2D eigenvalue weighted by Gasteiger charge is -2.33. The lowest BCUT2D eigenvalue weighted by atomic mass is 9.84. The van der Waals surface area contributed by atoms with Crippen molar-refractivity contribution < 1.29 is 38.1 Å². The van der Waals surface area contributed by atoms with Crippen molar-refractivity contribution in [2.75, 3.05) is 106 Å². The Morgan fingerprint density at radius 3 is 1.42 bits per heavy atom. The molecule has 0 saturated heterocycles. The largest absolute Gasteiger partial charge is 0.377 e. The molecule has 4 aromatic carbocycles. The van der Waals surface area contributed by atoms with E-state index in [1.165, 1.54) is 0 Å². The number of halogens is 4. The highest BCUT2D eigenvalue weighted by molar-refractivity contribution is 6.35. The van der Waals surface area contributed by atoms with Gasteiger partial charge in [0.2, 0.25) is 11.8 Å². The van der Waals surface area contributed by atoms with Crippen LogP contribution in [-0.4, -0.2) is 155 Å². The molecule has 4 N–H and O–H groups in total. The van der Waals surface area contributed by atoms with Crippen LogP contribution in [0.4, 0.5) is 0 Å². The summed E-state index contributed by atoms with van der Waals surface area (Å²) in [4.78, 5) is 60.4. The Kier molecular flexibility index (Phi) is 21.1. The second-order valence-electron chi connectivity index (χ2n) is 21.0. The van der Waals surface area contributed by atoms with Gasteiger partial charge in [-0.2, -0.15) is 0 Å². The minimum atomic E-state index is -0.644. The zero-order valence-corrected chi connectivity index (χ0v) is 47.6. The maximum atomic E-state index is 13.4. The summed E-state index contributed by atoms with van der Waals surface area (Å²) in [7, 11) is 4.14. The van der Waals surface area contributed by atoms with Gasteiger partial charge in [-0.3, -0.25) is 19.2 Å². The van der Waals surface area contributed by atoms with Gasteiger partial charge in [-0.05, 0) is 114 Å². The zero-order valence-electron chi connectivity index (χ0n) is 44.5. The minimum Gasteiger partial charge on any atom is -0.377 e. The molecule has 77 heavy (non-hydrogen) atoms. The van der Waals surface area contributed by atoms with Crippen molar-refractivity contribution in [1.29, 1.82) is 0 Å². The summed E-state index contributed by atoms with van der Waals surface area (Å²) < 4.78 is 23.0. The number of carbonyl (C=O) groups is 4. The predicted molar refractivity (Wildman–Crippen MR) is 301 cm³/mol. The number of fused-ring (bicyclic) bond motifs is 4. The molecule has 19 heteroatoms. The maximum Gasteiger partial charge on any atom is 0.254 e. The zero-order chi connectivity index (χ0) is 54.6. The van der Waals surface area contributed by atoms with Gasteiger partial charge in [-0.15, -0.1) is 0 Å². The SMILES string of the molecule is CCCC(N)(CCC(=O)NCCOCCOCCN1Cc2ccc(C3CN(C)Cc4c(Cl)cc(Cl)cc43)cc2C1=O)CCC(=O)NCCOCCOCCN1Cc2ccc(C3CN(C)Cc4c(Cl)cc(Cl)cc43)cc2C1=O. The summed E-state index contributed by atoms with van der Waals surface area (Å²) in [5.74, 6) is -0.133. The topological polar surface area (TPSA) is 168 Å². The van der Waals surface area contributed by atoms with Crippen molar-refractivity contribution in [3.63, 3.8) is 0 Å². The van der Waals surface area contributed by atoms with E-state index in [0.717, 1.165) is 88.2 Å². The number of ether oxygens (including phenoxy) is 4. The van der Waals surface area contributed by atoms with Crippen molar-refractivity contribution in [2.45, 2.75) is 89.0 Å². The molecule has 4 aliphatic heterocycles. The first-order valence-corrected chi connectivity index (χ1v) is 28.4. The van der Waals surface area contributed by atoms with E-state index < -0.39 is 5.54 Å². The number of amides is 4. The van der Waals surface area contributed by atoms with Crippen LogP contribution in [0.5, 0.6) is 0 Å². The molecule has 4 heterocycles. The first kappa shape index (κ1) is 58.8. The van der Waals surface area contributed by atoms with Gasteiger partial charge in [-0.1, -0.05) is 84.0 Å². The van der Waals surface area contributed by atoms with Crippen molar-refractivity contribution in [3.8, 4) is 0 Å². The van der Waals surface area contributed by atoms with Crippen LogP contribution in [0.2, 0.25) is 20.1 Å². The van der Waals surface area contributed by atoms with E-state index in [1.54, 1.807) is 12.1 Å². The normalized spacial score (nSPS) is 18.0. The Bertz CT molecular complexity index is 2570. The van der Waals surface area contributed by atoms with Crippen LogP contribution >= 0.6 is 46.4 Å². The third kappa shape index (κ3) is 15.5. The molecule has 8 rings (SSSR count). The fourth-order valence-corrected chi connectivity index (χ4v) is 12.2. The maximum absolute atomic E-state index is 13.4. The summed E-state index contributed by atoms with van der Waals surface area (Å²) in [6.07, 6.45) is 2.94. The van der Waals surface area contributed by atoms with Gasteiger partial charge in [0.1, 0.15) is 0 Å². The molecule has 15 nitrogen and oxygen atoms in total. The summed E-state index contributed by atoms with van der Waals surface area (Å²) in [5, 5.41) is 8.35. The quantitative estimate of drug-likeness (QED) is 0.0467. The Balaban J connectivity index is 0.626. The summed E-state index contributed by atoms with van der Waals surface area (Å²) in [5.41, 5.74) is 16.1. The smallest absolute Gasteiger partial charge is 0.254 e. The van der Waals surface area contributed by atoms with Crippen LogP contribution in [0.3, 0.4) is 0 Å². The minimum absolute atomic E-state index is 0.00228. The number of hydrogen-bond donors (Lipinski definition) is 3. The molecule has 0 saturated carbocycles. The first-order valence-electron chi connectivity index (χ1n) is 26.9. The van der Waals surface area contributed by atoms with Gasteiger partial charge in [0, 0.05) is 127 Å². The average Bonchev–Trinajstić information content (AvgIpc) is 3.92. The molecule has 0 aromatic heterocycles. The molecule has 0 radical (unpaired) electrons. The van der Waals surface area contributed by atoms with Gasteiger partial charge in [0.15, 0.2) is 0 Å². The molecule has 0 spiro atoms. The van der Waals surface area contributed by atoms with Crippen molar-refractivity contribution in [2.24, 2.45) is 5.73 Å². The lowest BCUT2D eigenvalue weighted by Crippen LogP contribution is -2.42. The Hall–Kier alpha value is -4.36. The van der Waals surface area contributed by atoms with Crippen molar-refractivity contribution in [3.05, 3.63) is 136 Å². The highest BCUT2D eigenvalue weighted by Crippen LogP contribution is 2.41. The second-order valence-corrected chi connectivity index (χ2v) is 22.6. The monoisotopic (exact) mass is 1140 g/mol. The molecule has 0 fully saturated rings. The third-order valence-electron chi connectivity index (χ3n) is 15.2. The van der Waals surface area contributed by atoms with Crippen LogP contribution in [0, 0.1) is 0 Å². The number of rotatable bonds is 28. The van der Waals surface area contributed by atoms with Gasteiger partial charge < -0.3 is 54.9 Å². The molecule has 0 aliphatic carbocycles. The molecule has 2 atom stereocenters. The molecular weight excluding hydrogens is 1060 g/mol. The summed E-state index contributed by atoms with van der Waals surface area (Å²) >= 11 is 26.0. The number of nitrogens with two attached hydrogens (primary N) is 1. The standard InChI is InChI=1S/C58H73Cl4N7O8/c1-4-11-58(63,12-9-54(70)64-14-18-74-22-24-76-20-16-68-32-40-7-5-38(26-44(40)56(68)72)48-34-66(2)36-50-46(48)28-42(59)30-52(50)61)13-10-55(71)65-15-19-75-23-25-77-21-17-69-33-41-8-6-39(27-45(41)57(69)73)49-35-67(3)37-51-47(49)29-43(60)31-53(51)62/h5-8,26-31,48-49H,4,9-25,32-37,63H2,1-3H3,(H,64,70)(H,65,71). The lowest BCUT2D eigenvalue weighted by molar-refractivity contribution is -0.121. The highest BCUT2D eigenvalue weighted by Gasteiger charge is 2.34. The molecule has 4 aliphatic rings. The van der Waals surface area contributed by atoms with E-state index in [9.17, 15) is 19.2 Å². The van der Waals surface area contributed by atoms with Crippen LogP contribution < -0.4 is 16.4 Å². The van der Waals surface area contributed by atoms with Gasteiger partial charge >= 0.3 is 0 Å². The Labute approximate surface area is 473 Å². The Morgan fingerprint density at radius 2 is 1.00 bits per heavy atom. The molecule has 2 unspecified atom stereocenters. The number of likely N-dealkylation sites (N-methyl/N-ethyl adjacent to an activating group) is 2. The predicted octanol–water partition coefficient (Wildman–Crippen LogP) is 8.42. The van der Waals surface area contributed by atoms with Crippen LogP contribution in [-0.2, 0) is 54.7 Å². The molecule has 4 aromatic rings. The Morgan fingerprint density at radius 1 is 0.584 bits per heavy atom. The molecule has 416 valence electrons. The molecule has 0 bridgehead atoms. The molecular formula is C58H73Cl4N7O8. The summed E-state index contributed by atoms with van der Waals surface area (Å²) in [6.45, 7) is 10.7. The van der Waals surface area contributed by atoms with E-state index >= 15 is 0 Å². The highest BCUT2D eigenvalue weighted by atomic mass is 35.5. The van der Waals surface area contributed by atoms with Crippen LogP contribution in [0.25, 0.3) is 0 Å². The number of benzene rings is 4. The number of carbonyl (C=O) groups excluding carboxylic acids is 4. The van der Waals surface area contributed by atoms with Gasteiger partial charge in [0.25, 0.3) is 11.8 Å². The van der Waals surface area contributed by atoms with Gasteiger partial charge in [0.05, 0.1) is 52.9 Å². The van der Waals surface area contributed by atoms with Crippen LogP contribution in [0.15, 0.2) is 60.7 Å². The van der Waals surface area contributed by atoms with E-state index in [2.05, 4.69) is 58.8 Å². The number of hydrogen-bond acceptors (Lipinski definition) is 11. The van der Waals surface area contributed by atoms with Crippen LogP contribution in [0.1, 0.15) is 123 Å². The first-order chi connectivity index (χ1) is 37.1. The van der Waals surface area contributed by atoms with Crippen molar-refractivity contribution in [1.82, 2.24) is 30.2 Å². The van der Waals surface area contributed by atoms with E-state index in [0.29, 0.717) is 131 Å². The van der Waals surface area contributed by atoms with Crippen molar-refractivity contribution >= 4 is 70.0 Å². The third-order valence-corrected chi connectivity index (χ3v) is 16.3. The number of nitrogens with zero attached hydrogens (tertiary/aromatic N) is 4. The average molecular weight is 1140 g/mol. The fraction of sp³-hybridized carbons (Fsp3) is 0.517. The van der Waals surface area contributed by atoms with E-state index in [1.807, 2.05) is 41.0 Å². The fourth-order valence-electron chi connectivity index (χ4n) is 11.1. The second kappa shape index (κ2) is 27.7. The van der Waals surface area contributed by atoms with Gasteiger partial charge in [-0.25, -0.2) is 0 Å². The van der Waals surface area contributed by atoms with E-state index in [-0.39, 0.29) is 48.3 Å². The van der Waals surface area contributed by atoms with E-state index in [4.69, 9.17) is 71.1 Å². The number of nitrogens with one attached hydrogen (secondary N) is 2.